The molecular weight excluding hydrogens is 291 g/mol. The van der Waals surface area contributed by atoms with Gasteiger partial charge in [-0.25, -0.2) is 4.39 Å². The Balaban J connectivity index is 1.74. The van der Waals surface area contributed by atoms with Crippen LogP contribution < -0.4 is 10.2 Å². The number of amides is 1. The van der Waals surface area contributed by atoms with Gasteiger partial charge in [-0.1, -0.05) is 36.4 Å². The van der Waals surface area contributed by atoms with E-state index >= 15 is 0 Å². The van der Waals surface area contributed by atoms with E-state index in [-0.39, 0.29) is 11.7 Å². The van der Waals surface area contributed by atoms with Gasteiger partial charge in [-0.15, -0.1) is 0 Å². The van der Waals surface area contributed by atoms with Crippen molar-refractivity contribution in [2.24, 2.45) is 0 Å². The largest absolute Gasteiger partial charge is 0.352 e. The molecule has 0 bridgehead atoms. The van der Waals surface area contributed by atoms with Crippen LogP contribution in [0.2, 0.25) is 0 Å². The fraction of sp³-hybridized carbons (Fsp3) is 0.316. The molecule has 4 heteroatoms. The number of carbonyl (C=O) groups excluding carboxylic acids is 1. The zero-order valence-corrected chi connectivity index (χ0v) is 13.7. The number of halogens is 1. The van der Waals surface area contributed by atoms with Crippen LogP contribution in [0.15, 0.2) is 48.5 Å². The number of hydrogen-bond donors (Lipinski definition) is 2. The molecular formula is C19H24FN2O+. The van der Waals surface area contributed by atoms with Gasteiger partial charge in [0, 0.05) is 18.5 Å². The highest BCUT2D eigenvalue weighted by atomic mass is 19.1. The van der Waals surface area contributed by atoms with E-state index in [1.807, 2.05) is 0 Å². The molecule has 0 saturated heterocycles. The molecule has 2 N–H and O–H groups in total. The van der Waals surface area contributed by atoms with Gasteiger partial charge in [-0.05, 0) is 29.7 Å². The van der Waals surface area contributed by atoms with Gasteiger partial charge in [0.2, 0.25) is 5.91 Å². The van der Waals surface area contributed by atoms with Crippen molar-refractivity contribution in [2.75, 3.05) is 14.1 Å². The van der Waals surface area contributed by atoms with Crippen LogP contribution in [0.4, 0.5) is 4.39 Å². The van der Waals surface area contributed by atoms with Crippen LogP contribution in [0.5, 0.6) is 0 Å². The van der Waals surface area contributed by atoms with Crippen molar-refractivity contribution in [1.29, 1.82) is 0 Å². The SMILES string of the molecule is C[NH+](C)Cc1ccc(CNC(=O)CCc2ccc(F)cc2)cc1. The highest BCUT2D eigenvalue weighted by Crippen LogP contribution is 2.06. The molecule has 0 aliphatic heterocycles. The van der Waals surface area contributed by atoms with Crippen molar-refractivity contribution in [3.8, 4) is 0 Å². The van der Waals surface area contributed by atoms with Crippen LogP contribution in [-0.4, -0.2) is 20.0 Å². The second-order valence-corrected chi connectivity index (χ2v) is 6.10. The van der Waals surface area contributed by atoms with Gasteiger partial charge in [0.1, 0.15) is 12.4 Å². The summed E-state index contributed by atoms with van der Waals surface area (Å²) in [7, 11) is 4.24. The quantitative estimate of drug-likeness (QED) is 0.801. The van der Waals surface area contributed by atoms with E-state index in [0.29, 0.717) is 19.4 Å². The van der Waals surface area contributed by atoms with Gasteiger partial charge < -0.3 is 10.2 Å². The summed E-state index contributed by atoms with van der Waals surface area (Å²) in [6.07, 6.45) is 1.03. The minimum Gasteiger partial charge on any atom is -0.352 e. The van der Waals surface area contributed by atoms with Gasteiger partial charge in [-0.2, -0.15) is 0 Å². The van der Waals surface area contributed by atoms with E-state index in [4.69, 9.17) is 0 Å². The summed E-state index contributed by atoms with van der Waals surface area (Å²) in [5, 5.41) is 2.92. The average molecular weight is 315 g/mol. The first kappa shape index (κ1) is 17.2. The van der Waals surface area contributed by atoms with E-state index in [1.165, 1.54) is 22.6 Å². The molecule has 2 aromatic rings. The summed E-state index contributed by atoms with van der Waals surface area (Å²) < 4.78 is 12.8. The molecule has 0 radical (unpaired) electrons. The lowest BCUT2D eigenvalue weighted by atomic mass is 10.1. The molecule has 0 aliphatic carbocycles. The van der Waals surface area contributed by atoms with Crippen LogP contribution in [0.3, 0.4) is 0 Å². The summed E-state index contributed by atoms with van der Waals surface area (Å²) >= 11 is 0. The third-order valence-electron chi connectivity index (χ3n) is 3.62. The van der Waals surface area contributed by atoms with Gasteiger partial charge in [0.25, 0.3) is 0 Å². The lowest BCUT2D eigenvalue weighted by molar-refractivity contribution is -0.872. The Morgan fingerprint density at radius 3 is 2.13 bits per heavy atom. The van der Waals surface area contributed by atoms with Gasteiger partial charge in [-0.3, -0.25) is 4.79 Å². The van der Waals surface area contributed by atoms with Gasteiger partial charge >= 0.3 is 0 Å². The van der Waals surface area contributed by atoms with Crippen LogP contribution in [0.1, 0.15) is 23.1 Å². The smallest absolute Gasteiger partial charge is 0.220 e. The number of hydrogen-bond acceptors (Lipinski definition) is 1. The number of benzene rings is 2. The molecule has 122 valence electrons. The number of rotatable bonds is 7. The van der Waals surface area contributed by atoms with Crippen LogP contribution >= 0.6 is 0 Å². The summed E-state index contributed by atoms with van der Waals surface area (Å²) in [4.78, 5) is 13.3. The van der Waals surface area contributed by atoms with Crippen molar-refractivity contribution in [2.45, 2.75) is 25.9 Å². The molecule has 2 rings (SSSR count). The summed E-state index contributed by atoms with van der Waals surface area (Å²) in [6, 6.07) is 14.6. The standard InChI is InChI=1S/C19H23FN2O/c1-22(2)14-17-5-3-16(4-6-17)13-21-19(23)12-9-15-7-10-18(20)11-8-15/h3-8,10-11H,9,12-14H2,1-2H3,(H,21,23)/p+1. The Hall–Kier alpha value is -2.20. The molecule has 0 aromatic heterocycles. The van der Waals surface area contributed by atoms with Crippen LogP contribution in [-0.2, 0) is 24.3 Å². The Morgan fingerprint density at radius 2 is 1.52 bits per heavy atom. The average Bonchev–Trinajstić information content (AvgIpc) is 2.53. The molecule has 2 aromatic carbocycles. The molecule has 0 unspecified atom stereocenters. The lowest BCUT2D eigenvalue weighted by Crippen LogP contribution is -3.04. The summed E-state index contributed by atoms with van der Waals surface area (Å²) in [6.45, 7) is 1.53. The maximum atomic E-state index is 12.8. The van der Waals surface area contributed by atoms with E-state index in [2.05, 4.69) is 43.7 Å². The molecule has 0 fully saturated rings. The van der Waals surface area contributed by atoms with Gasteiger partial charge in [0.05, 0.1) is 14.1 Å². The lowest BCUT2D eigenvalue weighted by Gasteiger charge is -2.09. The molecule has 23 heavy (non-hydrogen) atoms. The monoisotopic (exact) mass is 315 g/mol. The second kappa shape index (κ2) is 8.44. The van der Waals surface area contributed by atoms with Crippen molar-refractivity contribution < 1.29 is 14.1 Å². The van der Waals surface area contributed by atoms with Crippen LogP contribution in [0, 0.1) is 5.82 Å². The molecule has 0 aliphatic rings. The minimum absolute atomic E-state index is 0.0103. The van der Waals surface area contributed by atoms with E-state index in [9.17, 15) is 9.18 Å². The van der Waals surface area contributed by atoms with Crippen molar-refractivity contribution in [1.82, 2.24) is 5.32 Å². The predicted molar refractivity (Wildman–Crippen MR) is 89.5 cm³/mol. The molecule has 0 heterocycles. The van der Waals surface area contributed by atoms with Crippen molar-refractivity contribution >= 4 is 5.91 Å². The number of carbonyl (C=O) groups is 1. The maximum absolute atomic E-state index is 12.8. The fourth-order valence-corrected chi connectivity index (χ4v) is 2.38. The zero-order chi connectivity index (χ0) is 16.7. The predicted octanol–water partition coefficient (Wildman–Crippen LogP) is 1.72. The normalized spacial score (nSPS) is 10.8. The Labute approximate surface area is 137 Å². The molecule has 0 spiro atoms. The first-order valence-electron chi connectivity index (χ1n) is 7.91. The Bertz CT molecular complexity index is 621. The fourth-order valence-electron chi connectivity index (χ4n) is 2.38. The highest BCUT2D eigenvalue weighted by Gasteiger charge is 2.04. The van der Waals surface area contributed by atoms with Crippen LogP contribution in [0.25, 0.3) is 0 Å². The summed E-state index contributed by atoms with van der Waals surface area (Å²) in [5.74, 6) is -0.242. The second-order valence-electron chi connectivity index (χ2n) is 6.10. The Kier molecular flexibility index (Phi) is 6.29. The third kappa shape index (κ3) is 6.20. The molecule has 1 amide bonds. The topological polar surface area (TPSA) is 33.5 Å². The van der Waals surface area contributed by atoms with E-state index in [1.54, 1.807) is 12.1 Å². The highest BCUT2D eigenvalue weighted by molar-refractivity contribution is 5.76. The molecule has 0 saturated carbocycles. The maximum Gasteiger partial charge on any atom is 0.220 e. The summed E-state index contributed by atoms with van der Waals surface area (Å²) in [5.41, 5.74) is 3.35. The number of quaternary nitrogens is 1. The van der Waals surface area contributed by atoms with E-state index < -0.39 is 0 Å². The zero-order valence-electron chi connectivity index (χ0n) is 13.7. The molecule has 0 atom stereocenters. The number of aryl methyl sites for hydroxylation is 1. The minimum atomic E-state index is -0.252. The number of nitrogens with one attached hydrogen (secondary N) is 2. The van der Waals surface area contributed by atoms with Crippen molar-refractivity contribution in [3.63, 3.8) is 0 Å². The van der Waals surface area contributed by atoms with Crippen molar-refractivity contribution in [3.05, 3.63) is 71.0 Å². The van der Waals surface area contributed by atoms with E-state index in [0.717, 1.165) is 17.7 Å². The third-order valence-corrected chi connectivity index (χ3v) is 3.62. The van der Waals surface area contributed by atoms with Gasteiger partial charge in [0.15, 0.2) is 0 Å². The Morgan fingerprint density at radius 1 is 0.957 bits per heavy atom. The first-order chi connectivity index (χ1) is 11.0. The molecule has 3 nitrogen and oxygen atoms in total. The first-order valence-corrected chi connectivity index (χ1v) is 7.91.